The van der Waals surface area contributed by atoms with Crippen molar-refractivity contribution in [3.8, 4) is 0 Å². The maximum Gasteiger partial charge on any atom is 0.228 e. The van der Waals surface area contributed by atoms with Crippen molar-refractivity contribution in [2.45, 2.75) is 38.6 Å². The van der Waals surface area contributed by atoms with Gasteiger partial charge in [-0.3, -0.25) is 14.5 Å². The maximum atomic E-state index is 12.7. The third-order valence-corrected chi connectivity index (χ3v) is 6.81. The quantitative estimate of drug-likeness (QED) is 0.783. The van der Waals surface area contributed by atoms with E-state index in [9.17, 15) is 9.59 Å². The molecule has 154 valence electrons. The Kier molecular flexibility index (Phi) is 6.30. The smallest absolute Gasteiger partial charge is 0.228 e. The topological polar surface area (TPSA) is 78.4 Å². The molecular formula is C20H24ClN5O2S. The summed E-state index contributed by atoms with van der Waals surface area (Å²) >= 11 is 7.61. The van der Waals surface area contributed by atoms with Crippen LogP contribution >= 0.6 is 22.9 Å². The molecular weight excluding hydrogens is 410 g/mol. The van der Waals surface area contributed by atoms with Gasteiger partial charge in [0.2, 0.25) is 22.1 Å². The first-order valence-electron chi connectivity index (χ1n) is 10.0. The lowest BCUT2D eigenvalue weighted by Gasteiger charge is -2.31. The van der Waals surface area contributed by atoms with E-state index in [0.29, 0.717) is 36.2 Å². The van der Waals surface area contributed by atoms with Crippen LogP contribution < -0.4 is 15.1 Å². The van der Waals surface area contributed by atoms with Crippen molar-refractivity contribution in [2.75, 3.05) is 29.4 Å². The Morgan fingerprint density at radius 1 is 1.17 bits per heavy atom. The fourth-order valence-corrected chi connectivity index (χ4v) is 4.91. The Hall–Kier alpha value is -2.19. The fourth-order valence-electron chi connectivity index (χ4n) is 3.79. The standard InChI is InChI=1S/C20H24ClN5O2S/c21-16-8-2-1-6-14(16)12-22-18(28)15-7-5-10-25(13-15)19-23-24-20(29-19)26-11-4-3-9-17(26)27/h1-2,6,8,15H,3-5,7,9-13H2,(H,22,28). The molecule has 2 aliphatic heterocycles. The summed E-state index contributed by atoms with van der Waals surface area (Å²) in [5.41, 5.74) is 0.912. The average molecular weight is 434 g/mol. The molecule has 9 heteroatoms. The Balaban J connectivity index is 1.36. The molecule has 3 heterocycles. The molecule has 1 N–H and O–H groups in total. The average Bonchev–Trinajstić information content (AvgIpc) is 3.23. The second-order valence-electron chi connectivity index (χ2n) is 7.46. The third-order valence-electron chi connectivity index (χ3n) is 5.43. The Morgan fingerprint density at radius 3 is 2.83 bits per heavy atom. The van der Waals surface area contributed by atoms with Gasteiger partial charge in [0.15, 0.2) is 0 Å². The summed E-state index contributed by atoms with van der Waals surface area (Å²) in [6, 6.07) is 7.53. The summed E-state index contributed by atoms with van der Waals surface area (Å²) in [4.78, 5) is 28.7. The normalized spacial score (nSPS) is 20.0. The number of anilines is 2. The molecule has 2 amide bonds. The number of hydrogen-bond donors (Lipinski definition) is 1. The van der Waals surface area contributed by atoms with Crippen LogP contribution in [0.15, 0.2) is 24.3 Å². The van der Waals surface area contributed by atoms with Gasteiger partial charge < -0.3 is 10.2 Å². The van der Waals surface area contributed by atoms with Gasteiger partial charge in [0.25, 0.3) is 0 Å². The Morgan fingerprint density at radius 2 is 2.00 bits per heavy atom. The van der Waals surface area contributed by atoms with Gasteiger partial charge >= 0.3 is 0 Å². The minimum absolute atomic E-state index is 0.0329. The van der Waals surface area contributed by atoms with E-state index in [0.717, 1.165) is 42.9 Å². The molecule has 0 bridgehead atoms. The summed E-state index contributed by atoms with van der Waals surface area (Å²) in [6.45, 7) is 2.59. The van der Waals surface area contributed by atoms with Crippen molar-refractivity contribution in [3.63, 3.8) is 0 Å². The van der Waals surface area contributed by atoms with Crippen LogP contribution in [0.25, 0.3) is 0 Å². The summed E-state index contributed by atoms with van der Waals surface area (Å²) in [6.07, 6.45) is 4.28. The van der Waals surface area contributed by atoms with Crippen LogP contribution in [-0.4, -0.2) is 41.6 Å². The van der Waals surface area contributed by atoms with Gasteiger partial charge in [-0.25, -0.2) is 0 Å². The van der Waals surface area contributed by atoms with Crippen LogP contribution in [-0.2, 0) is 16.1 Å². The predicted molar refractivity (Wildman–Crippen MR) is 114 cm³/mol. The van der Waals surface area contributed by atoms with Crippen LogP contribution in [0, 0.1) is 5.92 Å². The number of carbonyl (C=O) groups excluding carboxylic acids is 2. The molecule has 0 spiro atoms. The van der Waals surface area contributed by atoms with Crippen molar-refractivity contribution in [1.82, 2.24) is 15.5 Å². The van der Waals surface area contributed by atoms with E-state index in [4.69, 9.17) is 11.6 Å². The summed E-state index contributed by atoms with van der Waals surface area (Å²) in [5, 5.41) is 13.6. The molecule has 1 atom stereocenters. The molecule has 7 nitrogen and oxygen atoms in total. The molecule has 29 heavy (non-hydrogen) atoms. The first-order valence-corrected chi connectivity index (χ1v) is 11.2. The number of halogens is 1. The molecule has 1 aromatic carbocycles. The minimum Gasteiger partial charge on any atom is -0.352 e. The molecule has 2 saturated heterocycles. The van der Waals surface area contributed by atoms with E-state index < -0.39 is 0 Å². The van der Waals surface area contributed by atoms with E-state index in [1.165, 1.54) is 11.3 Å². The summed E-state index contributed by atoms with van der Waals surface area (Å²) in [5.74, 6) is 0.0511. The number of nitrogens with one attached hydrogen (secondary N) is 1. The van der Waals surface area contributed by atoms with Crippen LogP contribution in [0.4, 0.5) is 10.3 Å². The van der Waals surface area contributed by atoms with E-state index in [-0.39, 0.29) is 17.7 Å². The van der Waals surface area contributed by atoms with Gasteiger partial charge in [-0.15, -0.1) is 10.2 Å². The second kappa shape index (κ2) is 9.09. The van der Waals surface area contributed by atoms with Crippen molar-refractivity contribution >= 4 is 45.0 Å². The maximum absolute atomic E-state index is 12.7. The van der Waals surface area contributed by atoms with Crippen LogP contribution in [0.2, 0.25) is 5.02 Å². The number of rotatable bonds is 5. The highest BCUT2D eigenvalue weighted by Crippen LogP contribution is 2.32. The number of amides is 2. The summed E-state index contributed by atoms with van der Waals surface area (Å²) < 4.78 is 0. The van der Waals surface area contributed by atoms with Gasteiger partial charge in [0.05, 0.1) is 5.92 Å². The van der Waals surface area contributed by atoms with Crippen molar-refractivity contribution in [3.05, 3.63) is 34.9 Å². The van der Waals surface area contributed by atoms with Gasteiger partial charge in [0, 0.05) is 37.6 Å². The zero-order chi connectivity index (χ0) is 20.2. The molecule has 0 aliphatic carbocycles. The number of hydrogen-bond acceptors (Lipinski definition) is 6. The highest BCUT2D eigenvalue weighted by atomic mass is 35.5. The first kappa shape index (κ1) is 20.1. The predicted octanol–water partition coefficient (Wildman–Crippen LogP) is 3.24. The van der Waals surface area contributed by atoms with E-state index >= 15 is 0 Å². The first-order chi connectivity index (χ1) is 14.1. The van der Waals surface area contributed by atoms with E-state index in [1.54, 1.807) is 4.90 Å². The monoisotopic (exact) mass is 433 g/mol. The lowest BCUT2D eigenvalue weighted by Crippen LogP contribution is -2.43. The SMILES string of the molecule is O=C(NCc1ccccc1Cl)C1CCCN(c2nnc(N3CCCCC3=O)s2)C1. The van der Waals surface area contributed by atoms with Gasteiger partial charge in [-0.05, 0) is 37.3 Å². The van der Waals surface area contributed by atoms with E-state index in [2.05, 4.69) is 20.4 Å². The van der Waals surface area contributed by atoms with Crippen molar-refractivity contribution < 1.29 is 9.59 Å². The number of nitrogens with zero attached hydrogens (tertiary/aromatic N) is 4. The molecule has 2 aromatic rings. The van der Waals surface area contributed by atoms with Crippen molar-refractivity contribution in [1.29, 1.82) is 0 Å². The van der Waals surface area contributed by atoms with Crippen LogP contribution in [0.3, 0.4) is 0 Å². The molecule has 1 aromatic heterocycles. The highest BCUT2D eigenvalue weighted by molar-refractivity contribution is 7.19. The van der Waals surface area contributed by atoms with E-state index in [1.807, 2.05) is 24.3 Å². The molecule has 0 saturated carbocycles. The molecule has 2 aliphatic rings. The zero-order valence-electron chi connectivity index (χ0n) is 16.1. The largest absolute Gasteiger partial charge is 0.352 e. The van der Waals surface area contributed by atoms with Crippen LogP contribution in [0.5, 0.6) is 0 Å². The summed E-state index contributed by atoms with van der Waals surface area (Å²) in [7, 11) is 0. The minimum atomic E-state index is -0.102. The van der Waals surface area contributed by atoms with Gasteiger partial charge in [-0.1, -0.05) is 41.1 Å². The highest BCUT2D eigenvalue weighted by Gasteiger charge is 2.29. The van der Waals surface area contributed by atoms with Gasteiger partial charge in [0.1, 0.15) is 0 Å². The lowest BCUT2D eigenvalue weighted by molar-refractivity contribution is -0.125. The number of carbonyl (C=O) groups is 2. The third kappa shape index (κ3) is 4.70. The van der Waals surface area contributed by atoms with Crippen LogP contribution in [0.1, 0.15) is 37.7 Å². The zero-order valence-corrected chi connectivity index (χ0v) is 17.7. The molecule has 1 unspecified atom stereocenters. The number of piperidine rings is 2. The Bertz CT molecular complexity index is 889. The fraction of sp³-hybridized carbons (Fsp3) is 0.500. The Labute approximate surface area is 179 Å². The molecule has 4 rings (SSSR count). The number of benzene rings is 1. The number of aromatic nitrogens is 2. The van der Waals surface area contributed by atoms with Gasteiger partial charge in [-0.2, -0.15) is 0 Å². The molecule has 2 fully saturated rings. The lowest BCUT2D eigenvalue weighted by atomic mass is 9.97. The van der Waals surface area contributed by atoms with Crippen molar-refractivity contribution in [2.24, 2.45) is 5.92 Å². The second-order valence-corrected chi connectivity index (χ2v) is 8.81. The molecule has 0 radical (unpaired) electrons.